The Bertz CT molecular complexity index is 1030. The molecule has 1 aliphatic heterocycles. The minimum absolute atomic E-state index is 0.0432. The zero-order valence-electron chi connectivity index (χ0n) is 18.1. The molecule has 2 aromatic carbocycles. The molecule has 3 rings (SSSR count). The van der Waals surface area contributed by atoms with Crippen LogP contribution in [0.15, 0.2) is 47.4 Å². The van der Waals surface area contributed by atoms with Crippen LogP contribution in [0.1, 0.15) is 18.4 Å². The molecule has 174 valence electrons. The molecule has 9 heteroatoms. The first-order valence-corrected chi connectivity index (χ1v) is 13.0. The van der Waals surface area contributed by atoms with Gasteiger partial charge in [0.1, 0.15) is 5.75 Å². The third kappa shape index (κ3) is 6.85. The number of hydrogen-bond acceptors (Lipinski definition) is 5. The van der Waals surface area contributed by atoms with Crippen LogP contribution in [-0.2, 0) is 21.1 Å². The molecule has 0 N–H and O–H groups in total. The first-order valence-electron chi connectivity index (χ1n) is 10.6. The van der Waals surface area contributed by atoms with E-state index in [1.807, 2.05) is 29.2 Å². The van der Waals surface area contributed by atoms with Crippen LogP contribution in [0.5, 0.6) is 5.75 Å². The Kier molecular flexibility index (Phi) is 8.82. The monoisotopic (exact) mass is 498 g/mol. The third-order valence-electron chi connectivity index (χ3n) is 5.63. The van der Waals surface area contributed by atoms with Crippen molar-refractivity contribution in [2.45, 2.75) is 24.2 Å². The van der Waals surface area contributed by atoms with E-state index >= 15 is 0 Å². The molecule has 0 saturated carbocycles. The van der Waals surface area contributed by atoms with Gasteiger partial charge in [0, 0.05) is 37.6 Å². The van der Waals surface area contributed by atoms with Gasteiger partial charge in [0.2, 0.25) is 5.91 Å². The summed E-state index contributed by atoms with van der Waals surface area (Å²) in [7, 11) is -1.92. The molecule has 0 bridgehead atoms. The summed E-state index contributed by atoms with van der Waals surface area (Å²) >= 11 is 12.0. The molecule has 2 aromatic rings. The van der Waals surface area contributed by atoms with Crippen LogP contribution in [0.4, 0.5) is 0 Å². The Morgan fingerprint density at radius 3 is 2.50 bits per heavy atom. The van der Waals surface area contributed by atoms with E-state index in [1.54, 1.807) is 13.2 Å². The van der Waals surface area contributed by atoms with Gasteiger partial charge in [-0.15, -0.1) is 0 Å². The van der Waals surface area contributed by atoms with Gasteiger partial charge in [0.05, 0.1) is 22.8 Å². The number of ether oxygens (including phenoxy) is 1. The lowest BCUT2D eigenvalue weighted by Gasteiger charge is -2.22. The van der Waals surface area contributed by atoms with Crippen molar-refractivity contribution in [1.29, 1.82) is 0 Å². The number of benzene rings is 2. The summed E-state index contributed by atoms with van der Waals surface area (Å²) in [5.74, 6) is 0.881. The molecule has 1 amide bonds. The topological polar surface area (TPSA) is 66.9 Å². The number of carbonyl (C=O) groups excluding carboxylic acids is 1. The van der Waals surface area contributed by atoms with E-state index in [-0.39, 0.29) is 21.6 Å². The van der Waals surface area contributed by atoms with Crippen LogP contribution in [0.2, 0.25) is 10.0 Å². The SMILES string of the molecule is COc1ccc(CCC(=O)N2CCCN(CCS(=O)(=O)c3cc(Cl)ccc3Cl)CC2)cc1. The molecule has 1 fully saturated rings. The lowest BCUT2D eigenvalue weighted by atomic mass is 10.1. The Morgan fingerprint density at radius 2 is 1.78 bits per heavy atom. The van der Waals surface area contributed by atoms with Gasteiger partial charge in [-0.2, -0.15) is 0 Å². The third-order valence-corrected chi connectivity index (χ3v) is 8.04. The molecule has 0 aliphatic carbocycles. The molecular weight excluding hydrogens is 471 g/mol. The summed E-state index contributed by atoms with van der Waals surface area (Å²) in [4.78, 5) is 16.7. The van der Waals surface area contributed by atoms with Gasteiger partial charge >= 0.3 is 0 Å². The summed E-state index contributed by atoms with van der Waals surface area (Å²) in [6.45, 7) is 3.07. The van der Waals surface area contributed by atoms with Gasteiger partial charge in [-0.1, -0.05) is 35.3 Å². The van der Waals surface area contributed by atoms with Gasteiger partial charge in [-0.3, -0.25) is 4.79 Å². The Morgan fingerprint density at radius 1 is 1.03 bits per heavy atom. The fourth-order valence-corrected chi connectivity index (χ4v) is 5.82. The van der Waals surface area contributed by atoms with E-state index in [4.69, 9.17) is 27.9 Å². The van der Waals surface area contributed by atoms with E-state index in [1.165, 1.54) is 12.1 Å². The first-order chi connectivity index (χ1) is 15.3. The highest BCUT2D eigenvalue weighted by atomic mass is 35.5. The van der Waals surface area contributed by atoms with Crippen LogP contribution >= 0.6 is 23.2 Å². The number of carbonyl (C=O) groups is 1. The van der Waals surface area contributed by atoms with Gasteiger partial charge in [0.15, 0.2) is 9.84 Å². The van der Waals surface area contributed by atoms with Crippen LogP contribution < -0.4 is 4.74 Å². The zero-order chi connectivity index (χ0) is 23.1. The number of nitrogens with zero attached hydrogens (tertiary/aromatic N) is 2. The van der Waals surface area contributed by atoms with Gasteiger partial charge in [-0.05, 0) is 55.3 Å². The second-order valence-corrected chi connectivity index (χ2v) is 10.7. The maximum Gasteiger partial charge on any atom is 0.222 e. The molecule has 1 saturated heterocycles. The number of rotatable bonds is 8. The maximum atomic E-state index is 12.7. The molecule has 32 heavy (non-hydrogen) atoms. The molecule has 0 atom stereocenters. The summed E-state index contributed by atoms with van der Waals surface area (Å²) in [5, 5.41) is 0.519. The second-order valence-electron chi connectivity index (χ2n) is 7.82. The minimum Gasteiger partial charge on any atom is -0.497 e. The Hall–Kier alpha value is -1.80. The Labute approximate surface area is 200 Å². The van der Waals surface area contributed by atoms with E-state index in [2.05, 4.69) is 4.90 Å². The number of amides is 1. The zero-order valence-corrected chi connectivity index (χ0v) is 20.4. The summed E-state index contributed by atoms with van der Waals surface area (Å²) < 4.78 is 30.6. The van der Waals surface area contributed by atoms with E-state index in [9.17, 15) is 13.2 Å². The molecule has 0 radical (unpaired) electrons. The summed E-state index contributed by atoms with van der Waals surface area (Å²) in [5.41, 5.74) is 1.10. The van der Waals surface area contributed by atoms with Crippen LogP contribution in [0.25, 0.3) is 0 Å². The standard InChI is InChI=1S/C23H28Cl2N2O4S/c1-31-20-7-3-18(4-8-20)5-10-23(28)27-12-2-11-26(13-14-27)15-16-32(29,30)22-17-19(24)6-9-21(22)25/h3-4,6-9,17H,2,5,10-16H2,1H3. The van der Waals surface area contributed by atoms with Crippen molar-refractivity contribution < 1.29 is 17.9 Å². The van der Waals surface area contributed by atoms with Gasteiger partial charge in [0.25, 0.3) is 0 Å². The van der Waals surface area contributed by atoms with Crippen LogP contribution in [-0.4, -0.2) is 69.7 Å². The van der Waals surface area contributed by atoms with Crippen molar-refractivity contribution in [2.75, 3.05) is 45.6 Å². The fourth-order valence-electron chi connectivity index (χ4n) is 3.72. The van der Waals surface area contributed by atoms with Crippen molar-refractivity contribution in [3.63, 3.8) is 0 Å². The van der Waals surface area contributed by atoms with E-state index in [0.29, 0.717) is 44.0 Å². The van der Waals surface area contributed by atoms with Crippen molar-refractivity contribution in [2.24, 2.45) is 0 Å². The largest absolute Gasteiger partial charge is 0.497 e. The van der Waals surface area contributed by atoms with Crippen LogP contribution in [0.3, 0.4) is 0 Å². The lowest BCUT2D eigenvalue weighted by molar-refractivity contribution is -0.131. The average molecular weight is 499 g/mol. The molecule has 6 nitrogen and oxygen atoms in total. The summed E-state index contributed by atoms with van der Waals surface area (Å²) in [6.07, 6.45) is 1.95. The number of sulfone groups is 1. The molecule has 0 unspecified atom stereocenters. The second kappa shape index (κ2) is 11.4. The van der Waals surface area contributed by atoms with Crippen molar-refractivity contribution in [1.82, 2.24) is 9.80 Å². The molecule has 0 spiro atoms. The number of methoxy groups -OCH3 is 1. The lowest BCUT2D eigenvalue weighted by Crippen LogP contribution is -2.36. The normalized spacial score (nSPS) is 15.4. The van der Waals surface area contributed by atoms with Crippen molar-refractivity contribution in [3.8, 4) is 5.75 Å². The average Bonchev–Trinajstić information content (AvgIpc) is 3.04. The predicted molar refractivity (Wildman–Crippen MR) is 127 cm³/mol. The Balaban J connectivity index is 1.48. The smallest absolute Gasteiger partial charge is 0.222 e. The van der Waals surface area contributed by atoms with Crippen molar-refractivity contribution in [3.05, 3.63) is 58.1 Å². The summed E-state index contributed by atoms with van der Waals surface area (Å²) in [6, 6.07) is 12.2. The highest BCUT2D eigenvalue weighted by Gasteiger charge is 2.23. The van der Waals surface area contributed by atoms with Gasteiger partial charge in [-0.25, -0.2) is 8.42 Å². The molecule has 1 heterocycles. The first kappa shape index (κ1) is 24.8. The maximum absolute atomic E-state index is 12.7. The molecule has 1 aliphatic rings. The fraction of sp³-hybridized carbons (Fsp3) is 0.435. The van der Waals surface area contributed by atoms with Crippen molar-refractivity contribution >= 4 is 38.9 Å². The number of hydrogen-bond donors (Lipinski definition) is 0. The van der Waals surface area contributed by atoms with E-state index < -0.39 is 9.84 Å². The van der Waals surface area contributed by atoms with E-state index in [0.717, 1.165) is 24.3 Å². The number of aryl methyl sites for hydroxylation is 1. The highest BCUT2D eigenvalue weighted by molar-refractivity contribution is 7.91. The quantitative estimate of drug-likeness (QED) is 0.551. The molecule has 0 aromatic heterocycles. The predicted octanol–water partition coefficient (Wildman–Crippen LogP) is 3.94. The van der Waals surface area contributed by atoms with Crippen LogP contribution in [0, 0.1) is 0 Å². The number of halogens is 2. The minimum atomic E-state index is -3.55. The highest BCUT2D eigenvalue weighted by Crippen LogP contribution is 2.26. The van der Waals surface area contributed by atoms with Gasteiger partial charge < -0.3 is 14.5 Å². The molecular formula is C23H28Cl2N2O4S.